The zero-order valence-corrected chi connectivity index (χ0v) is 16.4. The number of nitrogens with one attached hydrogen (secondary N) is 2. The van der Waals surface area contributed by atoms with Gasteiger partial charge < -0.3 is 15.2 Å². The average Bonchev–Trinajstić information content (AvgIpc) is 2.88. The number of fused-ring (bicyclic) bond motifs is 1. The number of hydrogen-bond donors (Lipinski definition) is 2. The molecule has 136 valence electrons. The monoisotopic (exact) mass is 349 g/mol. The molecular formula is C22H27N3O. The Morgan fingerprint density at radius 3 is 2.35 bits per heavy atom. The Morgan fingerprint density at radius 1 is 1.08 bits per heavy atom. The third-order valence-electron chi connectivity index (χ3n) is 5.17. The van der Waals surface area contributed by atoms with Crippen molar-refractivity contribution in [3.63, 3.8) is 0 Å². The first-order chi connectivity index (χ1) is 12.3. The topological polar surface area (TPSA) is 48.1 Å². The largest absolute Gasteiger partial charge is 0.379 e. The molecule has 0 saturated heterocycles. The van der Waals surface area contributed by atoms with Crippen LogP contribution in [0.3, 0.4) is 0 Å². The summed E-state index contributed by atoms with van der Waals surface area (Å²) < 4.78 is 0. The van der Waals surface area contributed by atoms with Crippen LogP contribution < -0.4 is 5.32 Å². The number of anilines is 1. The van der Waals surface area contributed by atoms with Gasteiger partial charge in [-0.15, -0.1) is 0 Å². The number of aromatic nitrogens is 1. The van der Waals surface area contributed by atoms with Gasteiger partial charge in [0, 0.05) is 37.3 Å². The number of aryl methyl sites for hydroxylation is 4. The SMILES string of the molecule is Cc1cccc(C)c1CNc1cc(C(=O)N(C)C)cc2c(C)c(C)[nH]c12. The maximum absolute atomic E-state index is 12.5. The summed E-state index contributed by atoms with van der Waals surface area (Å²) in [7, 11) is 3.57. The van der Waals surface area contributed by atoms with Gasteiger partial charge in [0.05, 0.1) is 11.2 Å². The van der Waals surface area contributed by atoms with Crippen LogP contribution in [0.15, 0.2) is 30.3 Å². The van der Waals surface area contributed by atoms with Gasteiger partial charge >= 0.3 is 0 Å². The predicted molar refractivity (Wildman–Crippen MR) is 109 cm³/mol. The number of benzene rings is 2. The number of nitrogens with zero attached hydrogens (tertiary/aromatic N) is 1. The summed E-state index contributed by atoms with van der Waals surface area (Å²) in [5.41, 5.74) is 8.88. The number of amides is 1. The Hall–Kier alpha value is -2.75. The van der Waals surface area contributed by atoms with Gasteiger partial charge in [0.25, 0.3) is 5.91 Å². The second kappa shape index (κ2) is 6.87. The van der Waals surface area contributed by atoms with E-state index in [1.165, 1.54) is 22.3 Å². The molecule has 26 heavy (non-hydrogen) atoms. The van der Waals surface area contributed by atoms with Gasteiger partial charge in [0.15, 0.2) is 0 Å². The Morgan fingerprint density at radius 2 is 1.73 bits per heavy atom. The van der Waals surface area contributed by atoms with E-state index >= 15 is 0 Å². The van der Waals surface area contributed by atoms with E-state index in [-0.39, 0.29) is 5.91 Å². The van der Waals surface area contributed by atoms with Gasteiger partial charge in [-0.1, -0.05) is 18.2 Å². The van der Waals surface area contributed by atoms with Crippen LogP contribution in [0.2, 0.25) is 0 Å². The summed E-state index contributed by atoms with van der Waals surface area (Å²) in [5, 5.41) is 4.65. The minimum absolute atomic E-state index is 0.0141. The number of aromatic amines is 1. The van der Waals surface area contributed by atoms with Crippen LogP contribution in [-0.4, -0.2) is 29.9 Å². The van der Waals surface area contributed by atoms with Crippen LogP contribution in [0.5, 0.6) is 0 Å². The zero-order valence-electron chi connectivity index (χ0n) is 16.4. The molecule has 3 rings (SSSR count). The van der Waals surface area contributed by atoms with Gasteiger partial charge in [-0.2, -0.15) is 0 Å². The zero-order chi connectivity index (χ0) is 19.0. The lowest BCUT2D eigenvalue weighted by atomic mass is 10.0. The Balaban J connectivity index is 2.06. The summed E-state index contributed by atoms with van der Waals surface area (Å²) in [4.78, 5) is 17.6. The van der Waals surface area contributed by atoms with Gasteiger partial charge in [-0.3, -0.25) is 4.79 Å². The molecule has 4 heteroatoms. The van der Waals surface area contributed by atoms with Crippen LogP contribution in [0, 0.1) is 27.7 Å². The van der Waals surface area contributed by atoms with Crippen LogP contribution in [0.25, 0.3) is 10.9 Å². The van der Waals surface area contributed by atoms with Crippen LogP contribution in [0.1, 0.15) is 38.3 Å². The van der Waals surface area contributed by atoms with E-state index in [1.54, 1.807) is 19.0 Å². The van der Waals surface area contributed by atoms with E-state index in [1.807, 2.05) is 12.1 Å². The normalized spacial score (nSPS) is 11.0. The molecule has 0 aliphatic rings. The second-order valence-corrected chi connectivity index (χ2v) is 7.24. The van der Waals surface area contributed by atoms with E-state index in [0.29, 0.717) is 5.56 Å². The molecule has 0 aliphatic heterocycles. The highest BCUT2D eigenvalue weighted by Crippen LogP contribution is 2.30. The summed E-state index contributed by atoms with van der Waals surface area (Å²) in [6.45, 7) is 9.15. The lowest BCUT2D eigenvalue weighted by Crippen LogP contribution is -2.21. The Labute approximate surface area is 155 Å². The van der Waals surface area contributed by atoms with Crippen molar-refractivity contribution in [3.05, 3.63) is 63.8 Å². The molecule has 0 radical (unpaired) electrons. The molecule has 0 unspecified atom stereocenters. The van der Waals surface area contributed by atoms with Crippen molar-refractivity contribution in [2.24, 2.45) is 0 Å². The predicted octanol–water partition coefficient (Wildman–Crippen LogP) is 4.72. The smallest absolute Gasteiger partial charge is 0.253 e. The summed E-state index contributed by atoms with van der Waals surface area (Å²) in [6.07, 6.45) is 0. The molecule has 3 aromatic rings. The van der Waals surface area contributed by atoms with Gasteiger partial charge in [0.2, 0.25) is 0 Å². The number of hydrogen-bond acceptors (Lipinski definition) is 2. The van der Waals surface area contributed by atoms with Crippen molar-refractivity contribution < 1.29 is 4.79 Å². The molecule has 1 amide bonds. The number of rotatable bonds is 4. The molecule has 2 N–H and O–H groups in total. The molecule has 0 bridgehead atoms. The molecule has 4 nitrogen and oxygen atoms in total. The third-order valence-corrected chi connectivity index (χ3v) is 5.17. The molecule has 0 atom stereocenters. The lowest BCUT2D eigenvalue weighted by molar-refractivity contribution is 0.0828. The summed E-state index contributed by atoms with van der Waals surface area (Å²) in [5.74, 6) is 0.0141. The standard InChI is InChI=1S/C22H27N3O/c1-13-8-7-9-14(2)19(13)12-23-20-11-17(22(26)25(5)6)10-18-15(3)16(4)24-21(18)20/h7-11,23-24H,12H2,1-6H3. The first kappa shape index (κ1) is 18.1. The molecule has 1 heterocycles. The van der Waals surface area contributed by atoms with Crippen LogP contribution in [-0.2, 0) is 6.54 Å². The molecule has 0 saturated carbocycles. The maximum Gasteiger partial charge on any atom is 0.253 e. The quantitative estimate of drug-likeness (QED) is 0.716. The summed E-state index contributed by atoms with van der Waals surface area (Å²) >= 11 is 0. The highest BCUT2D eigenvalue weighted by molar-refractivity contribution is 6.03. The first-order valence-corrected chi connectivity index (χ1v) is 8.93. The second-order valence-electron chi connectivity index (χ2n) is 7.24. The fraction of sp³-hybridized carbons (Fsp3) is 0.318. The number of carbonyl (C=O) groups excluding carboxylic acids is 1. The molecule has 0 aliphatic carbocycles. The van der Waals surface area contributed by atoms with Crippen molar-refractivity contribution in [1.29, 1.82) is 0 Å². The Bertz CT molecular complexity index is 962. The average molecular weight is 349 g/mol. The van der Waals surface area contributed by atoms with Crippen molar-refractivity contribution in [3.8, 4) is 0 Å². The van der Waals surface area contributed by atoms with E-state index < -0.39 is 0 Å². The number of H-pyrrole nitrogens is 1. The van der Waals surface area contributed by atoms with Crippen LogP contribution in [0.4, 0.5) is 5.69 Å². The highest BCUT2D eigenvalue weighted by Gasteiger charge is 2.16. The van der Waals surface area contributed by atoms with Crippen molar-refractivity contribution in [2.45, 2.75) is 34.2 Å². The van der Waals surface area contributed by atoms with E-state index in [0.717, 1.165) is 28.8 Å². The molecule has 0 fully saturated rings. The fourth-order valence-electron chi connectivity index (χ4n) is 3.39. The van der Waals surface area contributed by atoms with Crippen LogP contribution >= 0.6 is 0 Å². The number of carbonyl (C=O) groups is 1. The van der Waals surface area contributed by atoms with Crippen molar-refractivity contribution >= 4 is 22.5 Å². The fourth-order valence-corrected chi connectivity index (χ4v) is 3.39. The highest BCUT2D eigenvalue weighted by atomic mass is 16.2. The third kappa shape index (κ3) is 3.19. The molecule has 0 spiro atoms. The first-order valence-electron chi connectivity index (χ1n) is 8.93. The molecular weight excluding hydrogens is 322 g/mol. The van der Waals surface area contributed by atoms with E-state index in [4.69, 9.17) is 0 Å². The lowest BCUT2D eigenvalue weighted by Gasteiger charge is -2.15. The minimum atomic E-state index is 0.0141. The van der Waals surface area contributed by atoms with Gasteiger partial charge in [-0.05, 0) is 62.1 Å². The van der Waals surface area contributed by atoms with E-state index in [9.17, 15) is 4.79 Å². The molecule has 1 aromatic heterocycles. The Kier molecular flexibility index (Phi) is 4.77. The summed E-state index contributed by atoms with van der Waals surface area (Å²) in [6, 6.07) is 10.3. The molecule has 2 aromatic carbocycles. The van der Waals surface area contributed by atoms with Gasteiger partial charge in [0.1, 0.15) is 0 Å². The van der Waals surface area contributed by atoms with E-state index in [2.05, 4.69) is 56.2 Å². The van der Waals surface area contributed by atoms with Crippen molar-refractivity contribution in [1.82, 2.24) is 9.88 Å². The van der Waals surface area contributed by atoms with Crippen molar-refractivity contribution in [2.75, 3.05) is 19.4 Å². The van der Waals surface area contributed by atoms with Gasteiger partial charge in [-0.25, -0.2) is 0 Å². The minimum Gasteiger partial charge on any atom is -0.379 e. The maximum atomic E-state index is 12.5.